The summed E-state index contributed by atoms with van der Waals surface area (Å²) in [6, 6.07) is 57.2. The smallest absolute Gasteiger partial charge is 0.143 e. The van der Waals surface area contributed by atoms with E-state index in [1.54, 1.807) is 4.90 Å². The van der Waals surface area contributed by atoms with Crippen molar-refractivity contribution < 1.29 is 11.3 Å². The number of anilines is 6. The summed E-state index contributed by atoms with van der Waals surface area (Å²) in [6.07, 6.45) is 0. The molecule has 0 atom stereocenters. The fraction of sp³-hybridized carbons (Fsp3) is 0. The van der Waals surface area contributed by atoms with Gasteiger partial charge in [0.25, 0.3) is 0 Å². The number of para-hydroxylation sites is 5. The molecule has 0 radical (unpaired) electrons. The van der Waals surface area contributed by atoms with E-state index < -0.39 is 6.04 Å². The average Bonchev–Trinajstić information content (AvgIpc) is 3.64. The second kappa shape index (κ2) is 13.2. The van der Waals surface area contributed by atoms with E-state index in [0.717, 1.165) is 61.3 Å². The molecule has 0 aliphatic rings. The van der Waals surface area contributed by atoms with Gasteiger partial charge in [0, 0.05) is 50.5 Å². The van der Waals surface area contributed by atoms with Crippen LogP contribution in [0.15, 0.2) is 211 Å². The van der Waals surface area contributed by atoms with Gasteiger partial charge in [-0.2, -0.15) is 0 Å². The second-order valence-electron chi connectivity index (χ2n) is 12.2. The first-order valence-corrected chi connectivity index (χ1v) is 16.9. The van der Waals surface area contributed by atoms with Gasteiger partial charge in [0.2, 0.25) is 0 Å². The molecule has 0 amide bonds. The predicted molar refractivity (Wildman–Crippen MR) is 214 cm³/mol. The molecular weight excluding hydrogens is 621 g/mol. The molecule has 0 bridgehead atoms. The molecule has 0 saturated heterocycles. The Morgan fingerprint density at radius 2 is 0.804 bits per heavy atom. The lowest BCUT2D eigenvalue weighted by atomic mass is 10.0. The highest BCUT2D eigenvalue weighted by molar-refractivity contribution is 6.09. The summed E-state index contributed by atoms with van der Waals surface area (Å²) in [5, 5.41) is 2.21. The molecule has 51 heavy (non-hydrogen) atoms. The Hall–Kier alpha value is -6.84. The maximum Gasteiger partial charge on any atom is 0.143 e. The number of nitrogens with zero attached hydrogens (tertiary/aromatic N) is 2. The Morgan fingerprint density at radius 1 is 0.353 bits per heavy atom. The normalized spacial score (nSPS) is 12.5. The minimum atomic E-state index is -0.421. The van der Waals surface area contributed by atoms with Crippen molar-refractivity contribution in [2.45, 2.75) is 0 Å². The van der Waals surface area contributed by atoms with Gasteiger partial charge in [-0.25, -0.2) is 0 Å². The van der Waals surface area contributed by atoms with Crippen LogP contribution in [0.4, 0.5) is 34.1 Å². The van der Waals surface area contributed by atoms with Crippen LogP contribution < -0.4 is 9.80 Å². The second-order valence-corrected chi connectivity index (χ2v) is 12.2. The average molecular weight is 660 g/mol. The molecule has 9 aromatic rings. The summed E-state index contributed by atoms with van der Waals surface area (Å²) >= 11 is 0. The van der Waals surface area contributed by atoms with Crippen LogP contribution in [-0.2, 0) is 0 Å². The van der Waals surface area contributed by atoms with E-state index in [4.69, 9.17) is 11.3 Å². The predicted octanol–water partition coefficient (Wildman–Crippen LogP) is 13.9. The Morgan fingerprint density at radius 3 is 1.37 bits per heavy atom. The van der Waals surface area contributed by atoms with Crippen LogP contribution in [0.5, 0.6) is 0 Å². The fourth-order valence-corrected chi connectivity index (χ4v) is 6.73. The zero-order valence-electron chi connectivity index (χ0n) is 32.5. The van der Waals surface area contributed by atoms with Crippen molar-refractivity contribution in [2.24, 2.45) is 0 Å². The lowest BCUT2D eigenvalue weighted by molar-refractivity contribution is 0.670. The van der Waals surface area contributed by atoms with E-state index in [2.05, 4.69) is 89.8 Å². The van der Waals surface area contributed by atoms with E-state index in [0.29, 0.717) is 11.4 Å². The number of rotatable bonds is 8. The molecule has 242 valence electrons. The van der Waals surface area contributed by atoms with E-state index >= 15 is 0 Å². The molecule has 3 nitrogen and oxygen atoms in total. The van der Waals surface area contributed by atoms with Crippen molar-refractivity contribution in [3.63, 3.8) is 0 Å². The van der Waals surface area contributed by atoms with Crippen molar-refractivity contribution in [2.75, 3.05) is 9.80 Å². The van der Waals surface area contributed by atoms with E-state index in [9.17, 15) is 0 Å². The molecule has 3 heteroatoms. The molecule has 0 spiro atoms. The molecule has 9 rings (SSSR count). The molecular formula is C48H34N2O. The lowest BCUT2D eigenvalue weighted by Gasteiger charge is -2.26. The topological polar surface area (TPSA) is 19.6 Å². The highest BCUT2D eigenvalue weighted by Crippen LogP contribution is 2.40. The first-order chi connectivity index (χ1) is 27.4. The van der Waals surface area contributed by atoms with E-state index in [1.807, 2.05) is 91.0 Å². The third kappa shape index (κ3) is 5.81. The molecule has 8 aromatic carbocycles. The van der Waals surface area contributed by atoms with Crippen LogP contribution in [0.2, 0.25) is 0 Å². The minimum absolute atomic E-state index is 0.0971. The lowest BCUT2D eigenvalue weighted by Crippen LogP contribution is -2.09. The molecule has 0 aliphatic heterocycles. The Balaban J connectivity index is 1.04. The van der Waals surface area contributed by atoms with Crippen LogP contribution in [0.25, 0.3) is 44.2 Å². The van der Waals surface area contributed by atoms with Crippen LogP contribution in [-0.4, -0.2) is 0 Å². The number of benzene rings is 8. The summed E-state index contributed by atoms with van der Waals surface area (Å²) in [5.74, 6) is 0. The van der Waals surface area contributed by atoms with Gasteiger partial charge in [-0.1, -0.05) is 127 Å². The van der Waals surface area contributed by atoms with Gasteiger partial charge in [-0.05, 0) is 95.5 Å². The number of hydrogen-bond acceptors (Lipinski definition) is 3. The molecule has 0 saturated carbocycles. The first-order valence-electron chi connectivity index (χ1n) is 19.4. The van der Waals surface area contributed by atoms with Crippen molar-refractivity contribution in [3.8, 4) is 22.3 Å². The van der Waals surface area contributed by atoms with Crippen molar-refractivity contribution in [3.05, 3.63) is 206 Å². The maximum absolute atomic E-state index is 8.70. The largest absolute Gasteiger partial charge is 0.455 e. The van der Waals surface area contributed by atoms with E-state index in [1.165, 1.54) is 0 Å². The van der Waals surface area contributed by atoms with E-state index in [-0.39, 0.29) is 29.9 Å². The number of hydrogen-bond donors (Lipinski definition) is 0. The van der Waals surface area contributed by atoms with Gasteiger partial charge in [0.1, 0.15) is 11.2 Å². The minimum Gasteiger partial charge on any atom is -0.455 e. The van der Waals surface area contributed by atoms with Crippen molar-refractivity contribution in [1.29, 1.82) is 0 Å². The number of furan rings is 1. The van der Waals surface area contributed by atoms with Crippen molar-refractivity contribution in [1.82, 2.24) is 0 Å². The van der Waals surface area contributed by atoms with Crippen LogP contribution in [0, 0.1) is 0 Å². The molecule has 0 aliphatic carbocycles. The van der Waals surface area contributed by atoms with Crippen molar-refractivity contribution >= 4 is 56.1 Å². The Labute approximate surface area is 304 Å². The first kappa shape index (κ1) is 25.2. The Bertz CT molecular complexity index is 2810. The zero-order valence-corrected chi connectivity index (χ0v) is 27.5. The number of fused-ring (bicyclic) bond motifs is 3. The maximum atomic E-state index is 8.70. The highest BCUT2D eigenvalue weighted by atomic mass is 16.3. The summed E-state index contributed by atoms with van der Waals surface area (Å²) in [6.45, 7) is 0. The van der Waals surface area contributed by atoms with Gasteiger partial charge in [0.05, 0.1) is 6.85 Å². The molecule has 0 N–H and O–H groups in total. The quantitative estimate of drug-likeness (QED) is 0.162. The van der Waals surface area contributed by atoms with Crippen LogP contribution in [0.3, 0.4) is 0 Å². The molecule has 1 heterocycles. The van der Waals surface area contributed by atoms with Gasteiger partial charge < -0.3 is 14.2 Å². The third-order valence-electron chi connectivity index (χ3n) is 9.16. The molecule has 0 fully saturated rings. The van der Waals surface area contributed by atoms with Gasteiger partial charge in [0.15, 0.2) is 0 Å². The third-order valence-corrected chi connectivity index (χ3v) is 9.16. The Kier molecular flexibility index (Phi) is 6.53. The summed E-state index contributed by atoms with van der Waals surface area (Å²) in [7, 11) is 0. The summed E-state index contributed by atoms with van der Waals surface area (Å²) < 4.78 is 48.4. The molecule has 0 unspecified atom stereocenters. The zero-order chi connectivity index (χ0) is 38.3. The molecule has 1 aromatic heterocycles. The monoisotopic (exact) mass is 659 g/mol. The van der Waals surface area contributed by atoms with Gasteiger partial charge >= 0.3 is 0 Å². The summed E-state index contributed by atoms with van der Waals surface area (Å²) in [4.78, 5) is 3.95. The summed E-state index contributed by atoms with van der Waals surface area (Å²) in [5.41, 5.74) is 10.4. The van der Waals surface area contributed by atoms with Gasteiger partial charge in [-0.3, -0.25) is 0 Å². The van der Waals surface area contributed by atoms with Crippen LogP contribution >= 0.6 is 0 Å². The highest BCUT2D eigenvalue weighted by Gasteiger charge is 2.16. The van der Waals surface area contributed by atoms with Gasteiger partial charge in [-0.15, -0.1) is 0 Å². The van der Waals surface area contributed by atoms with Crippen LogP contribution in [0.1, 0.15) is 6.85 Å². The SMILES string of the molecule is [2H]c1c([2H])c([2H])c(N(c2ccccc2)c2ccc(-c3ccc(N(c4ccccc4)c4ccc(-c5cccc6c5oc5ccccc56)cc4)cc3)cc2)c([2H])c1[2H]. The fourth-order valence-electron chi connectivity index (χ4n) is 6.73. The standard InChI is InChI=1S/C48H34N2O/c1-4-13-38(14-5-1)49(39-15-6-2-7-16-39)41-29-23-35(24-30-41)36-25-31-42(32-26-36)50(40-17-8-3-9-18-40)43-33-27-37(28-34-43)44-20-12-21-46-45-19-10-11-22-47(45)51-48(44)46/h1-34H/i1D,4D,5D,13D,14D.